The summed E-state index contributed by atoms with van der Waals surface area (Å²) >= 11 is 3.49. The van der Waals surface area contributed by atoms with Gasteiger partial charge in [-0.2, -0.15) is 0 Å². The first-order valence-corrected chi connectivity index (χ1v) is 9.59. The van der Waals surface area contributed by atoms with Gasteiger partial charge in [-0.1, -0.05) is 48.0 Å². The first-order valence-electron chi connectivity index (χ1n) is 8.80. The summed E-state index contributed by atoms with van der Waals surface area (Å²) in [4.78, 5) is 25.5. The number of ketones is 2. The first kappa shape index (κ1) is 16.9. The minimum atomic E-state index is -0.517. The molecule has 0 radical (unpaired) electrons. The van der Waals surface area contributed by atoms with E-state index in [1.54, 1.807) is 0 Å². The molecule has 0 heterocycles. The summed E-state index contributed by atoms with van der Waals surface area (Å²) < 4.78 is 1.01. The molecule has 0 amide bonds. The maximum absolute atomic E-state index is 12.9. The Morgan fingerprint density at radius 3 is 2.26 bits per heavy atom. The standard InChI is InChI=1S/C20H25BrO2/c1-12-8-16(21)9-13(2)18(12)19-17(22)11-15(20(19)23)10-14-6-4-3-5-7-14/h8-9,14-15,19H,3-7,10-11H2,1-2H3. The van der Waals surface area contributed by atoms with E-state index in [-0.39, 0.29) is 17.5 Å². The SMILES string of the molecule is Cc1cc(Br)cc(C)c1C1C(=O)CC(CC2CCCCC2)C1=O. The Labute approximate surface area is 147 Å². The third kappa shape index (κ3) is 3.45. The summed E-state index contributed by atoms with van der Waals surface area (Å²) in [6.07, 6.45) is 7.75. The molecular weight excluding hydrogens is 352 g/mol. The van der Waals surface area contributed by atoms with Crippen LogP contribution in [-0.4, -0.2) is 11.6 Å². The molecule has 0 N–H and O–H groups in total. The Morgan fingerprint density at radius 1 is 1.04 bits per heavy atom. The molecule has 2 unspecified atom stereocenters. The highest BCUT2D eigenvalue weighted by atomic mass is 79.9. The van der Waals surface area contributed by atoms with Crippen LogP contribution in [0.2, 0.25) is 0 Å². The lowest BCUT2D eigenvalue weighted by atomic mass is 9.81. The van der Waals surface area contributed by atoms with Gasteiger partial charge in [-0.15, -0.1) is 0 Å². The Hall–Kier alpha value is -0.960. The van der Waals surface area contributed by atoms with E-state index >= 15 is 0 Å². The van der Waals surface area contributed by atoms with E-state index in [1.807, 2.05) is 26.0 Å². The number of Topliss-reactive ketones (excluding diaryl/α,β-unsaturated/α-hetero) is 2. The second kappa shape index (κ2) is 6.88. The van der Waals surface area contributed by atoms with Crippen molar-refractivity contribution in [3.63, 3.8) is 0 Å². The topological polar surface area (TPSA) is 34.1 Å². The molecular formula is C20H25BrO2. The van der Waals surface area contributed by atoms with Crippen molar-refractivity contribution in [3.05, 3.63) is 33.3 Å². The van der Waals surface area contributed by atoms with Crippen LogP contribution in [0.25, 0.3) is 0 Å². The van der Waals surface area contributed by atoms with Gasteiger partial charge in [-0.3, -0.25) is 9.59 Å². The van der Waals surface area contributed by atoms with Gasteiger partial charge in [-0.25, -0.2) is 0 Å². The van der Waals surface area contributed by atoms with Gasteiger partial charge in [-0.05, 0) is 55.0 Å². The first-order chi connectivity index (χ1) is 11.0. The molecule has 0 saturated heterocycles. The Morgan fingerprint density at radius 2 is 1.65 bits per heavy atom. The van der Waals surface area contributed by atoms with Crippen molar-refractivity contribution in [2.75, 3.05) is 0 Å². The molecule has 2 fully saturated rings. The van der Waals surface area contributed by atoms with Crippen molar-refractivity contribution in [2.45, 2.75) is 64.7 Å². The van der Waals surface area contributed by atoms with E-state index < -0.39 is 5.92 Å². The molecule has 2 aliphatic rings. The minimum Gasteiger partial charge on any atom is -0.298 e. The largest absolute Gasteiger partial charge is 0.298 e. The van der Waals surface area contributed by atoms with E-state index in [4.69, 9.17) is 0 Å². The molecule has 1 aromatic carbocycles. The van der Waals surface area contributed by atoms with Crippen molar-refractivity contribution in [3.8, 4) is 0 Å². The molecule has 2 saturated carbocycles. The Kier molecular flexibility index (Phi) is 5.05. The quantitative estimate of drug-likeness (QED) is 0.672. The minimum absolute atomic E-state index is 0.0435. The van der Waals surface area contributed by atoms with Crippen molar-refractivity contribution >= 4 is 27.5 Å². The van der Waals surface area contributed by atoms with Crippen molar-refractivity contribution in [2.24, 2.45) is 11.8 Å². The second-order valence-electron chi connectivity index (χ2n) is 7.40. The summed E-state index contributed by atoms with van der Waals surface area (Å²) in [6.45, 7) is 4.00. The lowest BCUT2D eigenvalue weighted by Gasteiger charge is -2.23. The number of hydrogen-bond acceptors (Lipinski definition) is 2. The fourth-order valence-corrected chi connectivity index (χ4v) is 5.25. The molecule has 124 valence electrons. The van der Waals surface area contributed by atoms with Gasteiger partial charge in [0.05, 0.1) is 0 Å². The normalized spacial score (nSPS) is 26.0. The van der Waals surface area contributed by atoms with Crippen molar-refractivity contribution in [1.82, 2.24) is 0 Å². The summed E-state index contributed by atoms with van der Waals surface area (Å²) in [5.74, 6) is 0.393. The summed E-state index contributed by atoms with van der Waals surface area (Å²) in [6, 6.07) is 4.02. The third-order valence-corrected chi connectivity index (χ3v) is 6.10. The lowest BCUT2D eigenvalue weighted by Crippen LogP contribution is -2.20. The number of hydrogen-bond donors (Lipinski definition) is 0. The highest BCUT2D eigenvalue weighted by Crippen LogP contribution is 2.41. The maximum atomic E-state index is 12.9. The maximum Gasteiger partial charge on any atom is 0.151 e. The van der Waals surface area contributed by atoms with Crippen LogP contribution >= 0.6 is 15.9 Å². The fourth-order valence-electron chi connectivity index (χ4n) is 4.56. The molecule has 0 aromatic heterocycles. The number of carbonyl (C=O) groups excluding carboxylic acids is 2. The summed E-state index contributed by atoms with van der Waals surface area (Å²) in [5, 5.41) is 0. The Balaban J connectivity index is 1.81. The highest BCUT2D eigenvalue weighted by Gasteiger charge is 2.43. The van der Waals surface area contributed by atoms with E-state index in [0.29, 0.717) is 12.3 Å². The number of carbonyl (C=O) groups is 2. The zero-order valence-corrected chi connectivity index (χ0v) is 15.6. The van der Waals surface area contributed by atoms with Crippen LogP contribution in [0.5, 0.6) is 0 Å². The van der Waals surface area contributed by atoms with Gasteiger partial charge in [0.1, 0.15) is 11.7 Å². The fraction of sp³-hybridized carbons (Fsp3) is 0.600. The smallest absolute Gasteiger partial charge is 0.151 e. The number of halogens is 1. The van der Waals surface area contributed by atoms with E-state index in [1.165, 1.54) is 32.1 Å². The zero-order valence-electron chi connectivity index (χ0n) is 14.0. The van der Waals surface area contributed by atoms with Crippen LogP contribution in [0.4, 0.5) is 0 Å². The van der Waals surface area contributed by atoms with E-state index in [2.05, 4.69) is 15.9 Å². The van der Waals surface area contributed by atoms with Gasteiger partial charge in [0.25, 0.3) is 0 Å². The van der Waals surface area contributed by atoms with Gasteiger partial charge >= 0.3 is 0 Å². The molecule has 0 spiro atoms. The molecule has 0 aliphatic heterocycles. The van der Waals surface area contributed by atoms with Crippen LogP contribution in [-0.2, 0) is 9.59 Å². The third-order valence-electron chi connectivity index (χ3n) is 5.65. The summed E-state index contributed by atoms with van der Waals surface area (Å²) in [5.41, 5.74) is 3.04. The molecule has 1 aromatic rings. The van der Waals surface area contributed by atoms with Crippen molar-refractivity contribution in [1.29, 1.82) is 0 Å². The molecule has 3 heteroatoms. The van der Waals surface area contributed by atoms with Crippen LogP contribution < -0.4 is 0 Å². The number of benzene rings is 1. The number of aryl methyl sites for hydroxylation is 2. The molecule has 2 atom stereocenters. The second-order valence-corrected chi connectivity index (χ2v) is 8.31. The molecule has 3 rings (SSSR count). The molecule has 23 heavy (non-hydrogen) atoms. The van der Waals surface area contributed by atoms with Crippen molar-refractivity contribution < 1.29 is 9.59 Å². The van der Waals surface area contributed by atoms with Crippen LogP contribution in [0.3, 0.4) is 0 Å². The van der Waals surface area contributed by atoms with E-state index in [9.17, 15) is 9.59 Å². The molecule has 0 bridgehead atoms. The molecule has 2 nitrogen and oxygen atoms in total. The van der Waals surface area contributed by atoms with Gasteiger partial charge in [0.2, 0.25) is 0 Å². The summed E-state index contributed by atoms with van der Waals surface area (Å²) in [7, 11) is 0. The predicted octanol–water partition coefficient (Wildman–Crippen LogP) is 5.28. The lowest BCUT2D eigenvalue weighted by molar-refractivity contribution is -0.125. The Bertz CT molecular complexity index is 606. The predicted molar refractivity (Wildman–Crippen MR) is 95.7 cm³/mol. The van der Waals surface area contributed by atoms with Crippen LogP contribution in [0.15, 0.2) is 16.6 Å². The number of rotatable bonds is 3. The van der Waals surface area contributed by atoms with Gasteiger partial charge in [0, 0.05) is 16.8 Å². The highest BCUT2D eigenvalue weighted by molar-refractivity contribution is 9.10. The molecule has 2 aliphatic carbocycles. The average molecular weight is 377 g/mol. The van der Waals surface area contributed by atoms with Gasteiger partial charge < -0.3 is 0 Å². The van der Waals surface area contributed by atoms with Crippen LogP contribution in [0, 0.1) is 25.7 Å². The van der Waals surface area contributed by atoms with E-state index in [0.717, 1.165) is 27.6 Å². The van der Waals surface area contributed by atoms with Crippen LogP contribution in [0.1, 0.15) is 67.6 Å². The monoisotopic (exact) mass is 376 g/mol. The van der Waals surface area contributed by atoms with Gasteiger partial charge in [0.15, 0.2) is 5.78 Å². The zero-order chi connectivity index (χ0) is 16.6. The average Bonchev–Trinajstić information content (AvgIpc) is 2.75.